The Kier molecular flexibility index (Phi) is 10.2. The van der Waals surface area contributed by atoms with E-state index in [0.717, 1.165) is 23.3 Å². The SMILES string of the molecule is CCCCOC(=O)[C@H](C)N[P@](=O)(OC[C@H]1O[C@@H](n2ccc(=O)[nH]c2=O)[C@H](O)[C@@H]1CF)Oc1ccccc1. The number of aromatic nitrogens is 2. The number of alkyl halides is 1. The molecule has 6 atom stereocenters. The fraction of sp³-hybridized carbons (Fsp3) is 0.522. The fourth-order valence-electron chi connectivity index (χ4n) is 3.62. The highest BCUT2D eigenvalue weighted by Crippen LogP contribution is 2.46. The molecule has 12 nitrogen and oxygen atoms in total. The lowest BCUT2D eigenvalue weighted by Crippen LogP contribution is -2.37. The lowest BCUT2D eigenvalue weighted by atomic mass is 10.00. The van der Waals surface area contributed by atoms with E-state index in [1.54, 1.807) is 18.2 Å². The minimum absolute atomic E-state index is 0.178. The molecule has 1 saturated heterocycles. The number of para-hydroxylation sites is 1. The zero-order valence-electron chi connectivity index (χ0n) is 20.4. The van der Waals surface area contributed by atoms with Gasteiger partial charge < -0.3 is 19.1 Å². The van der Waals surface area contributed by atoms with Crippen LogP contribution in [0.4, 0.5) is 4.39 Å². The van der Waals surface area contributed by atoms with E-state index < -0.39 is 68.6 Å². The Labute approximate surface area is 212 Å². The molecule has 0 saturated carbocycles. The molecule has 0 bridgehead atoms. The number of ether oxygens (including phenoxy) is 2. The molecular weight excluding hydrogens is 512 g/mol. The zero-order chi connectivity index (χ0) is 27.0. The average molecular weight is 543 g/mol. The maximum atomic E-state index is 13.9. The maximum absolute atomic E-state index is 13.9. The highest BCUT2D eigenvalue weighted by molar-refractivity contribution is 7.52. The van der Waals surface area contributed by atoms with Crippen molar-refractivity contribution in [3.05, 3.63) is 63.4 Å². The van der Waals surface area contributed by atoms with Crippen LogP contribution in [0.5, 0.6) is 5.75 Å². The van der Waals surface area contributed by atoms with Gasteiger partial charge in [-0.1, -0.05) is 31.5 Å². The van der Waals surface area contributed by atoms with E-state index in [-0.39, 0.29) is 12.4 Å². The Morgan fingerprint density at radius 2 is 2.03 bits per heavy atom. The quantitative estimate of drug-likeness (QED) is 0.194. The summed E-state index contributed by atoms with van der Waals surface area (Å²) < 4.78 is 50.3. The van der Waals surface area contributed by atoms with Gasteiger partial charge in [-0.05, 0) is 25.5 Å². The van der Waals surface area contributed by atoms with Crippen LogP contribution in [0.1, 0.15) is 32.9 Å². The minimum Gasteiger partial charge on any atom is -0.465 e. The summed E-state index contributed by atoms with van der Waals surface area (Å²) in [7, 11) is -4.26. The molecule has 0 unspecified atom stereocenters. The number of hydrogen-bond donors (Lipinski definition) is 3. The fourth-order valence-corrected chi connectivity index (χ4v) is 5.12. The van der Waals surface area contributed by atoms with Gasteiger partial charge in [0.2, 0.25) is 0 Å². The summed E-state index contributed by atoms with van der Waals surface area (Å²) in [6.07, 6.45) is -1.35. The Bertz CT molecular complexity index is 1190. The Balaban J connectivity index is 1.76. The Morgan fingerprint density at radius 3 is 2.68 bits per heavy atom. The first-order valence-corrected chi connectivity index (χ1v) is 13.4. The lowest BCUT2D eigenvalue weighted by molar-refractivity contribution is -0.145. The number of carbonyl (C=O) groups is 1. The van der Waals surface area contributed by atoms with Crippen LogP contribution in [-0.4, -0.2) is 58.8 Å². The number of aliphatic hydroxyl groups is 1. The summed E-state index contributed by atoms with van der Waals surface area (Å²) in [4.78, 5) is 37.9. The van der Waals surface area contributed by atoms with E-state index in [4.69, 9.17) is 18.5 Å². The summed E-state index contributed by atoms with van der Waals surface area (Å²) in [6.45, 7) is 2.01. The van der Waals surface area contributed by atoms with Crippen LogP contribution in [-0.2, 0) is 23.4 Å². The van der Waals surface area contributed by atoms with Gasteiger partial charge in [-0.2, -0.15) is 5.09 Å². The van der Waals surface area contributed by atoms with Gasteiger partial charge in [0.05, 0.1) is 26.0 Å². The summed E-state index contributed by atoms with van der Waals surface area (Å²) in [6, 6.07) is 8.04. The minimum atomic E-state index is -4.26. The van der Waals surface area contributed by atoms with Crippen molar-refractivity contribution >= 4 is 13.7 Å². The van der Waals surface area contributed by atoms with Crippen molar-refractivity contribution in [3.8, 4) is 5.75 Å². The van der Waals surface area contributed by atoms with Crippen molar-refractivity contribution in [1.29, 1.82) is 0 Å². The molecule has 1 aliphatic heterocycles. The number of carbonyl (C=O) groups excluding carboxylic acids is 1. The third-order valence-corrected chi connectivity index (χ3v) is 7.29. The predicted molar refractivity (Wildman–Crippen MR) is 130 cm³/mol. The molecule has 0 spiro atoms. The largest absolute Gasteiger partial charge is 0.465 e. The molecule has 3 rings (SSSR count). The summed E-state index contributed by atoms with van der Waals surface area (Å²) in [5.41, 5.74) is -1.51. The first-order chi connectivity index (χ1) is 17.7. The summed E-state index contributed by atoms with van der Waals surface area (Å²) >= 11 is 0. The zero-order valence-corrected chi connectivity index (χ0v) is 21.3. The molecule has 0 radical (unpaired) electrons. The van der Waals surface area contributed by atoms with Crippen molar-refractivity contribution in [3.63, 3.8) is 0 Å². The van der Waals surface area contributed by atoms with Crippen LogP contribution in [0, 0.1) is 5.92 Å². The van der Waals surface area contributed by atoms with Crippen molar-refractivity contribution in [1.82, 2.24) is 14.6 Å². The number of aromatic amines is 1. The number of benzene rings is 1. The number of hydrogen-bond acceptors (Lipinski definition) is 9. The van der Waals surface area contributed by atoms with Crippen LogP contribution in [0.3, 0.4) is 0 Å². The topological polar surface area (TPSA) is 158 Å². The second kappa shape index (κ2) is 13.1. The Hall–Kier alpha value is -2.83. The summed E-state index contributed by atoms with van der Waals surface area (Å²) in [5.74, 6) is -1.64. The molecule has 3 N–H and O–H groups in total. The van der Waals surface area contributed by atoms with Gasteiger partial charge in [-0.3, -0.25) is 28.1 Å². The second-order valence-corrected chi connectivity index (χ2v) is 10.2. The lowest BCUT2D eigenvalue weighted by Gasteiger charge is -2.25. The molecule has 0 aliphatic carbocycles. The molecule has 37 heavy (non-hydrogen) atoms. The normalized spacial score (nSPS) is 23.8. The van der Waals surface area contributed by atoms with Crippen molar-refractivity contribution in [2.24, 2.45) is 5.92 Å². The van der Waals surface area contributed by atoms with Crippen LogP contribution >= 0.6 is 7.75 Å². The van der Waals surface area contributed by atoms with Crippen molar-refractivity contribution < 1.29 is 37.4 Å². The molecule has 14 heteroatoms. The second-order valence-electron chi connectivity index (χ2n) is 8.46. The molecular formula is C23H31FN3O9P. The third kappa shape index (κ3) is 7.59. The summed E-state index contributed by atoms with van der Waals surface area (Å²) in [5, 5.41) is 13.1. The monoisotopic (exact) mass is 543 g/mol. The van der Waals surface area contributed by atoms with Crippen molar-refractivity contribution in [2.45, 2.75) is 51.2 Å². The number of H-pyrrole nitrogens is 1. The average Bonchev–Trinajstić information content (AvgIpc) is 3.18. The van der Waals surface area contributed by atoms with Crippen molar-refractivity contribution in [2.75, 3.05) is 19.9 Å². The highest BCUT2D eigenvalue weighted by Gasteiger charge is 2.46. The number of esters is 1. The van der Waals surface area contributed by atoms with Gasteiger partial charge in [0.15, 0.2) is 6.23 Å². The number of unbranched alkanes of at least 4 members (excludes halogenated alkanes) is 1. The standard InChI is InChI=1S/C23H31FN3O9P/c1-3-4-12-33-22(30)15(2)26-37(32,36-16-8-6-5-7-9-16)34-14-18-17(13-24)20(29)21(35-18)27-11-10-19(28)25-23(27)31/h5-11,15,17-18,20-21,29H,3-4,12-14H2,1-2H3,(H,26,32)(H,25,28,31)/t15-,17+,18+,20+,21+,37-/m0/s1. The molecule has 1 aromatic heterocycles. The van der Waals surface area contributed by atoms with Gasteiger partial charge in [0.25, 0.3) is 5.56 Å². The van der Waals surface area contributed by atoms with Gasteiger partial charge in [-0.25, -0.2) is 9.36 Å². The van der Waals surface area contributed by atoms with Crippen LogP contribution in [0.2, 0.25) is 0 Å². The molecule has 0 amide bonds. The van der Waals surface area contributed by atoms with E-state index in [2.05, 4.69) is 5.09 Å². The predicted octanol–water partition coefficient (Wildman–Crippen LogP) is 1.91. The van der Waals surface area contributed by atoms with Gasteiger partial charge >= 0.3 is 19.4 Å². The number of rotatable bonds is 13. The molecule has 1 aromatic carbocycles. The Morgan fingerprint density at radius 1 is 1.30 bits per heavy atom. The number of nitrogens with zero attached hydrogens (tertiary/aromatic N) is 1. The first-order valence-electron chi connectivity index (χ1n) is 11.8. The first kappa shape index (κ1) is 28.7. The molecule has 1 aliphatic rings. The molecule has 2 aromatic rings. The number of halogens is 1. The smallest absolute Gasteiger partial charge is 0.459 e. The van der Waals surface area contributed by atoms with E-state index in [9.17, 15) is 28.4 Å². The van der Waals surface area contributed by atoms with Gasteiger partial charge in [0, 0.05) is 18.2 Å². The van der Waals surface area contributed by atoms with Crippen LogP contribution < -0.4 is 20.9 Å². The molecule has 204 valence electrons. The number of aliphatic hydroxyl groups excluding tert-OH is 1. The highest BCUT2D eigenvalue weighted by atomic mass is 31.2. The van der Waals surface area contributed by atoms with E-state index >= 15 is 0 Å². The van der Waals surface area contributed by atoms with Gasteiger partial charge in [0.1, 0.15) is 17.9 Å². The van der Waals surface area contributed by atoms with Gasteiger partial charge in [-0.15, -0.1) is 0 Å². The maximum Gasteiger partial charge on any atom is 0.459 e. The van der Waals surface area contributed by atoms with E-state index in [1.165, 1.54) is 19.1 Å². The number of nitrogens with one attached hydrogen (secondary N) is 2. The van der Waals surface area contributed by atoms with Crippen LogP contribution in [0.25, 0.3) is 0 Å². The van der Waals surface area contributed by atoms with E-state index in [0.29, 0.717) is 6.42 Å². The van der Waals surface area contributed by atoms with E-state index in [1.807, 2.05) is 11.9 Å². The van der Waals surface area contributed by atoms with Crippen LogP contribution in [0.15, 0.2) is 52.2 Å². The molecule has 1 fully saturated rings. The molecule has 2 heterocycles. The third-order valence-electron chi connectivity index (χ3n) is 5.65.